The summed E-state index contributed by atoms with van der Waals surface area (Å²) in [6.45, 7) is 0. The highest BCUT2D eigenvalue weighted by atomic mass is 79.9. The molecule has 0 unspecified atom stereocenters. The SMILES string of the molecule is O=C(Nc1ccccc1Br)N[C@@H](Cc1ccccc1)C(=O)Nc1nnc(-c2cccc(Cl)c2)s1. The van der Waals surface area contributed by atoms with Crippen LogP contribution in [0.15, 0.2) is 83.3 Å². The van der Waals surface area contributed by atoms with Gasteiger partial charge in [0.1, 0.15) is 11.0 Å². The van der Waals surface area contributed by atoms with Crippen molar-refractivity contribution in [2.45, 2.75) is 12.5 Å². The van der Waals surface area contributed by atoms with Crippen molar-refractivity contribution < 1.29 is 9.59 Å². The first kappa shape index (κ1) is 23.9. The van der Waals surface area contributed by atoms with Crippen molar-refractivity contribution >= 4 is 61.6 Å². The number of benzene rings is 3. The Labute approximate surface area is 213 Å². The van der Waals surface area contributed by atoms with Crippen molar-refractivity contribution in [3.05, 3.63) is 93.9 Å². The minimum Gasteiger partial charge on any atom is -0.326 e. The minimum absolute atomic E-state index is 0.302. The van der Waals surface area contributed by atoms with E-state index in [9.17, 15) is 9.59 Å². The fraction of sp³-hybridized carbons (Fsp3) is 0.0833. The second kappa shape index (κ2) is 11.2. The number of para-hydroxylation sites is 1. The predicted molar refractivity (Wildman–Crippen MR) is 139 cm³/mol. The molecule has 0 aliphatic rings. The quantitative estimate of drug-likeness (QED) is 0.260. The largest absolute Gasteiger partial charge is 0.326 e. The van der Waals surface area contributed by atoms with E-state index >= 15 is 0 Å². The zero-order valence-corrected chi connectivity index (χ0v) is 20.8. The van der Waals surface area contributed by atoms with Crippen LogP contribution >= 0.6 is 38.9 Å². The maximum absolute atomic E-state index is 13.1. The number of nitrogens with one attached hydrogen (secondary N) is 3. The molecule has 3 amide bonds. The highest BCUT2D eigenvalue weighted by Gasteiger charge is 2.23. The van der Waals surface area contributed by atoms with Gasteiger partial charge in [0.2, 0.25) is 11.0 Å². The first-order valence-corrected chi connectivity index (χ1v) is 12.2. The van der Waals surface area contributed by atoms with Crippen LogP contribution in [-0.4, -0.2) is 28.2 Å². The van der Waals surface area contributed by atoms with Gasteiger partial charge in [0.05, 0.1) is 5.69 Å². The minimum atomic E-state index is -0.844. The van der Waals surface area contributed by atoms with Crippen molar-refractivity contribution in [1.29, 1.82) is 0 Å². The summed E-state index contributed by atoms with van der Waals surface area (Å²) in [4.78, 5) is 25.8. The summed E-state index contributed by atoms with van der Waals surface area (Å²) in [6, 6.07) is 22.6. The second-order valence-corrected chi connectivity index (χ2v) is 9.50. The Kier molecular flexibility index (Phi) is 7.89. The van der Waals surface area contributed by atoms with Crippen LogP contribution in [0.25, 0.3) is 10.6 Å². The molecular formula is C24H19BrClN5O2S. The van der Waals surface area contributed by atoms with Crippen LogP contribution in [0, 0.1) is 0 Å². The number of rotatable bonds is 7. The summed E-state index contributed by atoms with van der Waals surface area (Å²) in [5, 5.41) is 18.0. The molecule has 3 aromatic carbocycles. The summed E-state index contributed by atoms with van der Waals surface area (Å²) in [6.07, 6.45) is 0.302. The van der Waals surface area contributed by atoms with Gasteiger partial charge in [-0.15, -0.1) is 10.2 Å². The molecule has 1 heterocycles. The molecular weight excluding hydrogens is 538 g/mol. The molecule has 0 bridgehead atoms. The van der Waals surface area contributed by atoms with Crippen molar-refractivity contribution in [3.8, 4) is 10.6 Å². The molecule has 1 atom stereocenters. The van der Waals surface area contributed by atoms with E-state index in [2.05, 4.69) is 42.1 Å². The lowest BCUT2D eigenvalue weighted by Gasteiger charge is -2.18. The fourth-order valence-electron chi connectivity index (χ4n) is 3.14. The number of halogens is 2. The van der Waals surface area contributed by atoms with E-state index < -0.39 is 18.0 Å². The van der Waals surface area contributed by atoms with Crippen LogP contribution in [-0.2, 0) is 11.2 Å². The van der Waals surface area contributed by atoms with Crippen LogP contribution in [0.4, 0.5) is 15.6 Å². The number of carbonyl (C=O) groups is 2. The van der Waals surface area contributed by atoms with E-state index in [1.165, 1.54) is 11.3 Å². The van der Waals surface area contributed by atoms with Gasteiger partial charge >= 0.3 is 6.03 Å². The molecule has 0 fully saturated rings. The third-order valence-corrected chi connectivity index (χ3v) is 6.57. The lowest BCUT2D eigenvalue weighted by atomic mass is 10.1. The van der Waals surface area contributed by atoms with Crippen molar-refractivity contribution in [2.75, 3.05) is 10.6 Å². The monoisotopic (exact) mass is 555 g/mol. The number of hydrogen-bond donors (Lipinski definition) is 3. The van der Waals surface area contributed by atoms with E-state index in [4.69, 9.17) is 11.6 Å². The predicted octanol–water partition coefficient (Wildman–Crippen LogP) is 5.99. The first-order chi connectivity index (χ1) is 16.5. The van der Waals surface area contributed by atoms with Crippen LogP contribution in [0.3, 0.4) is 0 Å². The zero-order valence-electron chi connectivity index (χ0n) is 17.7. The molecule has 0 aliphatic heterocycles. The van der Waals surface area contributed by atoms with E-state index in [-0.39, 0.29) is 0 Å². The normalized spacial score (nSPS) is 11.5. The number of anilines is 2. The topological polar surface area (TPSA) is 96.0 Å². The van der Waals surface area contributed by atoms with E-state index in [0.29, 0.717) is 27.3 Å². The lowest BCUT2D eigenvalue weighted by molar-refractivity contribution is -0.117. The molecule has 0 saturated heterocycles. The molecule has 34 heavy (non-hydrogen) atoms. The Morgan fingerprint density at radius 3 is 2.47 bits per heavy atom. The van der Waals surface area contributed by atoms with E-state index in [1.54, 1.807) is 18.2 Å². The van der Waals surface area contributed by atoms with Gasteiger partial charge in [0.25, 0.3) is 0 Å². The Balaban J connectivity index is 1.48. The van der Waals surface area contributed by atoms with Gasteiger partial charge in [-0.25, -0.2) is 4.79 Å². The highest BCUT2D eigenvalue weighted by molar-refractivity contribution is 9.10. The summed E-state index contributed by atoms with van der Waals surface area (Å²) in [5.74, 6) is -0.403. The van der Waals surface area contributed by atoms with Crippen molar-refractivity contribution in [3.63, 3.8) is 0 Å². The van der Waals surface area contributed by atoms with E-state index in [0.717, 1.165) is 15.6 Å². The van der Waals surface area contributed by atoms with Crippen LogP contribution in [0.5, 0.6) is 0 Å². The number of urea groups is 1. The molecule has 1 aromatic heterocycles. The van der Waals surface area contributed by atoms with Gasteiger partial charge in [-0.3, -0.25) is 10.1 Å². The molecule has 10 heteroatoms. The molecule has 0 radical (unpaired) electrons. The summed E-state index contributed by atoms with van der Waals surface area (Å²) >= 11 is 10.7. The third kappa shape index (κ3) is 6.40. The molecule has 4 aromatic rings. The summed E-state index contributed by atoms with van der Waals surface area (Å²) in [7, 11) is 0. The van der Waals surface area contributed by atoms with Gasteiger partial charge in [-0.1, -0.05) is 77.5 Å². The molecule has 7 nitrogen and oxygen atoms in total. The van der Waals surface area contributed by atoms with Crippen molar-refractivity contribution in [1.82, 2.24) is 15.5 Å². The van der Waals surface area contributed by atoms with Crippen LogP contribution < -0.4 is 16.0 Å². The van der Waals surface area contributed by atoms with Crippen LogP contribution in [0.2, 0.25) is 5.02 Å². The van der Waals surface area contributed by atoms with Crippen LogP contribution in [0.1, 0.15) is 5.56 Å². The van der Waals surface area contributed by atoms with Gasteiger partial charge in [0, 0.05) is 21.5 Å². The number of amides is 3. The van der Waals surface area contributed by atoms with Gasteiger partial charge < -0.3 is 10.6 Å². The average molecular weight is 557 g/mol. The number of nitrogens with zero attached hydrogens (tertiary/aromatic N) is 2. The smallest absolute Gasteiger partial charge is 0.319 e. The van der Waals surface area contributed by atoms with Crippen molar-refractivity contribution in [2.24, 2.45) is 0 Å². The first-order valence-electron chi connectivity index (χ1n) is 10.2. The molecule has 4 rings (SSSR count). The Bertz CT molecular complexity index is 1300. The highest BCUT2D eigenvalue weighted by Crippen LogP contribution is 2.28. The molecule has 172 valence electrons. The molecule has 3 N–H and O–H groups in total. The third-order valence-electron chi connectivity index (χ3n) is 4.75. The summed E-state index contributed by atoms with van der Waals surface area (Å²) < 4.78 is 0.733. The number of hydrogen-bond acceptors (Lipinski definition) is 5. The molecule has 0 saturated carbocycles. The Hall–Kier alpha value is -3.27. The maximum atomic E-state index is 13.1. The van der Waals surface area contributed by atoms with Gasteiger partial charge in [-0.2, -0.15) is 0 Å². The molecule has 0 aliphatic carbocycles. The Morgan fingerprint density at radius 1 is 0.941 bits per heavy atom. The molecule has 0 spiro atoms. The van der Waals surface area contributed by atoms with Gasteiger partial charge in [-0.05, 0) is 45.8 Å². The average Bonchev–Trinajstić information content (AvgIpc) is 3.29. The fourth-order valence-corrected chi connectivity index (χ4v) is 4.46. The second-order valence-electron chi connectivity index (χ2n) is 7.23. The van der Waals surface area contributed by atoms with E-state index in [1.807, 2.05) is 60.7 Å². The standard InChI is InChI=1S/C24H19BrClN5O2S/c25-18-11-4-5-12-19(18)27-23(33)28-20(13-15-7-2-1-3-8-15)21(32)29-24-31-30-22(34-24)16-9-6-10-17(26)14-16/h1-12,14,20H,13H2,(H2,27,28,33)(H,29,31,32)/t20-/m0/s1. The lowest BCUT2D eigenvalue weighted by Crippen LogP contribution is -2.47. The summed E-state index contributed by atoms with van der Waals surface area (Å²) in [5.41, 5.74) is 2.30. The Morgan fingerprint density at radius 2 is 1.71 bits per heavy atom. The van der Waals surface area contributed by atoms with Gasteiger partial charge in [0.15, 0.2) is 0 Å². The number of aromatic nitrogens is 2. The number of carbonyl (C=O) groups excluding carboxylic acids is 2. The zero-order chi connectivity index (χ0) is 23.9. The maximum Gasteiger partial charge on any atom is 0.319 e.